The van der Waals surface area contributed by atoms with Crippen LogP contribution >= 0.6 is 22.2 Å². The van der Waals surface area contributed by atoms with E-state index in [4.69, 9.17) is 22.2 Å². The molecule has 0 saturated heterocycles. The van der Waals surface area contributed by atoms with E-state index in [0.717, 1.165) is 11.6 Å². The van der Waals surface area contributed by atoms with Gasteiger partial charge in [0.25, 0.3) is 6.69 Å². The Morgan fingerprint density at radius 3 is 1.90 bits per heavy atom. The summed E-state index contributed by atoms with van der Waals surface area (Å²) in [4.78, 5) is 0. The van der Waals surface area contributed by atoms with Gasteiger partial charge in [0.05, 0.1) is 0 Å². The van der Waals surface area contributed by atoms with E-state index in [9.17, 15) is 0 Å². The van der Waals surface area contributed by atoms with Crippen LogP contribution in [-0.2, 0) is 0 Å². The fourth-order valence-corrected chi connectivity index (χ4v) is 8.32. The first-order valence-electron chi connectivity index (χ1n) is 6.71. The maximum Gasteiger partial charge on any atom is 0.266 e. The van der Waals surface area contributed by atoms with Gasteiger partial charge in [0.2, 0.25) is 0 Å². The number of fused-ring (bicyclic) bond motifs is 3. The zero-order valence-electron chi connectivity index (χ0n) is 11.4. The first-order valence-corrected chi connectivity index (χ1v) is 11.0. The van der Waals surface area contributed by atoms with Crippen molar-refractivity contribution in [1.82, 2.24) is 0 Å². The maximum atomic E-state index is 6.84. The summed E-state index contributed by atoms with van der Waals surface area (Å²) in [5.41, 5.74) is 6.28. The highest BCUT2D eigenvalue weighted by Crippen LogP contribution is 2.52. The molecule has 0 N–H and O–H groups in total. The Kier molecular flexibility index (Phi) is 3.53. The molecular formula is C17H16Cl2Si. The van der Waals surface area contributed by atoms with Crippen LogP contribution in [0.1, 0.15) is 23.6 Å². The molecule has 3 rings (SSSR count). The summed E-state index contributed by atoms with van der Waals surface area (Å²) in [6, 6.07) is 17.6. The van der Waals surface area contributed by atoms with Gasteiger partial charge in [-0.05, 0) is 35.2 Å². The minimum Gasteiger partial charge on any atom is -0.144 e. The number of benzene rings is 2. The molecule has 1 aliphatic carbocycles. The molecule has 2 aromatic carbocycles. The monoisotopic (exact) mass is 318 g/mol. The highest BCUT2D eigenvalue weighted by Gasteiger charge is 2.45. The highest BCUT2D eigenvalue weighted by atomic mass is 35.7. The van der Waals surface area contributed by atoms with Crippen molar-refractivity contribution >= 4 is 28.9 Å². The predicted molar refractivity (Wildman–Crippen MR) is 90.8 cm³/mol. The molecule has 0 saturated carbocycles. The number of hydrogen-bond acceptors (Lipinski definition) is 0. The molecule has 0 bridgehead atoms. The summed E-state index contributed by atoms with van der Waals surface area (Å²) in [6.45, 7) is 3.50. The summed E-state index contributed by atoms with van der Waals surface area (Å²) in [7, 11) is 0. The van der Waals surface area contributed by atoms with Crippen molar-refractivity contribution in [2.75, 3.05) is 0 Å². The van der Waals surface area contributed by atoms with Crippen LogP contribution in [0.5, 0.6) is 0 Å². The second-order valence-corrected chi connectivity index (χ2v) is 12.6. The molecule has 0 nitrogen and oxygen atoms in total. The second-order valence-electron chi connectivity index (χ2n) is 5.50. The minimum atomic E-state index is -2.49. The van der Waals surface area contributed by atoms with E-state index in [1.807, 2.05) is 6.92 Å². The van der Waals surface area contributed by atoms with Crippen LogP contribution in [0.15, 0.2) is 60.7 Å². The summed E-state index contributed by atoms with van der Waals surface area (Å²) >= 11 is 13.7. The van der Waals surface area contributed by atoms with Gasteiger partial charge in [-0.15, -0.1) is 28.7 Å². The molecule has 20 heavy (non-hydrogen) atoms. The normalized spacial score (nSPS) is 13.9. The lowest BCUT2D eigenvalue weighted by molar-refractivity contribution is 1.14. The Morgan fingerprint density at radius 1 is 1.00 bits per heavy atom. The Hall–Kier alpha value is -1.02. The van der Waals surface area contributed by atoms with Gasteiger partial charge >= 0.3 is 0 Å². The topological polar surface area (TPSA) is 0 Å². The second kappa shape index (κ2) is 5.07. The van der Waals surface area contributed by atoms with Crippen LogP contribution in [0.2, 0.25) is 6.04 Å². The SMILES string of the molecule is C=C(C)C[Si](Cl)(Cl)C1c2ccccc2-c2ccccc21. The molecule has 102 valence electrons. The minimum absolute atomic E-state index is 0.134. The van der Waals surface area contributed by atoms with Gasteiger partial charge in [-0.2, -0.15) is 0 Å². The fourth-order valence-electron chi connectivity index (χ4n) is 3.11. The number of hydrogen-bond donors (Lipinski definition) is 0. The van der Waals surface area contributed by atoms with E-state index < -0.39 is 6.69 Å². The molecule has 3 heteroatoms. The van der Waals surface area contributed by atoms with Gasteiger partial charge < -0.3 is 0 Å². The average molecular weight is 319 g/mol. The molecule has 0 fully saturated rings. The maximum absolute atomic E-state index is 6.84. The largest absolute Gasteiger partial charge is 0.266 e. The number of halogens is 2. The third kappa shape index (κ3) is 2.24. The molecule has 0 atom stereocenters. The van der Waals surface area contributed by atoms with Crippen LogP contribution < -0.4 is 0 Å². The molecule has 1 aliphatic rings. The molecule has 0 heterocycles. The van der Waals surface area contributed by atoms with Crippen molar-refractivity contribution in [3.63, 3.8) is 0 Å². The third-order valence-electron chi connectivity index (χ3n) is 3.79. The Labute approximate surface area is 130 Å². The molecule has 0 aliphatic heterocycles. The lowest BCUT2D eigenvalue weighted by atomic mass is 10.1. The van der Waals surface area contributed by atoms with Crippen molar-refractivity contribution in [1.29, 1.82) is 0 Å². The van der Waals surface area contributed by atoms with Crippen molar-refractivity contribution in [2.24, 2.45) is 0 Å². The Morgan fingerprint density at radius 2 is 1.45 bits per heavy atom. The van der Waals surface area contributed by atoms with Crippen LogP contribution in [0.3, 0.4) is 0 Å². The van der Waals surface area contributed by atoms with Crippen molar-refractivity contribution < 1.29 is 0 Å². The van der Waals surface area contributed by atoms with Crippen LogP contribution in [0.25, 0.3) is 11.1 Å². The van der Waals surface area contributed by atoms with Crippen molar-refractivity contribution in [2.45, 2.75) is 18.5 Å². The number of rotatable bonds is 3. The lowest BCUT2D eigenvalue weighted by Gasteiger charge is -2.26. The van der Waals surface area contributed by atoms with E-state index >= 15 is 0 Å². The quantitative estimate of drug-likeness (QED) is 0.379. The van der Waals surface area contributed by atoms with Crippen LogP contribution in [-0.4, -0.2) is 6.69 Å². The first-order chi connectivity index (χ1) is 9.50. The fraction of sp³-hybridized carbons (Fsp3) is 0.176. The molecular weight excluding hydrogens is 303 g/mol. The molecule has 2 aromatic rings. The summed E-state index contributed by atoms with van der Waals surface area (Å²) < 4.78 is 0. The van der Waals surface area contributed by atoms with E-state index in [2.05, 4.69) is 55.1 Å². The van der Waals surface area contributed by atoms with Gasteiger partial charge in [-0.25, -0.2) is 0 Å². The van der Waals surface area contributed by atoms with Gasteiger partial charge in [0, 0.05) is 5.54 Å². The Balaban J connectivity index is 2.19. The molecule has 0 unspecified atom stereocenters. The van der Waals surface area contributed by atoms with Gasteiger partial charge in [0.1, 0.15) is 0 Å². The van der Waals surface area contributed by atoms with Gasteiger partial charge in [-0.1, -0.05) is 54.1 Å². The van der Waals surface area contributed by atoms with E-state index in [0.29, 0.717) is 0 Å². The van der Waals surface area contributed by atoms with E-state index in [1.165, 1.54) is 22.3 Å². The molecule has 0 spiro atoms. The molecule has 0 aromatic heterocycles. The highest BCUT2D eigenvalue weighted by molar-refractivity contribution is 7.46. The van der Waals surface area contributed by atoms with Gasteiger partial charge in [0.15, 0.2) is 0 Å². The molecule has 0 amide bonds. The third-order valence-corrected chi connectivity index (χ3v) is 8.45. The zero-order valence-corrected chi connectivity index (χ0v) is 13.9. The van der Waals surface area contributed by atoms with Crippen LogP contribution in [0, 0.1) is 0 Å². The summed E-state index contributed by atoms with van der Waals surface area (Å²) in [5.74, 6) is 0. The van der Waals surface area contributed by atoms with E-state index in [1.54, 1.807) is 0 Å². The van der Waals surface area contributed by atoms with E-state index in [-0.39, 0.29) is 5.54 Å². The standard InChI is InChI=1S/C17H16Cl2Si/c1-12(2)11-20(18,19)17-15-9-5-3-7-13(15)14-8-4-6-10-16(14)17/h3-10,17H,1,11H2,2H3. The average Bonchev–Trinajstić information content (AvgIpc) is 2.72. The number of allylic oxidation sites excluding steroid dienone is 1. The van der Waals surface area contributed by atoms with Crippen LogP contribution in [0.4, 0.5) is 0 Å². The smallest absolute Gasteiger partial charge is 0.144 e. The van der Waals surface area contributed by atoms with Gasteiger partial charge in [-0.3, -0.25) is 0 Å². The summed E-state index contributed by atoms with van der Waals surface area (Å²) in [5, 5.41) is 0. The molecule has 0 radical (unpaired) electrons. The lowest BCUT2D eigenvalue weighted by Crippen LogP contribution is -2.29. The Bertz CT molecular complexity index is 631. The predicted octanol–water partition coefficient (Wildman–Crippen LogP) is 5.83. The van der Waals surface area contributed by atoms with Crippen molar-refractivity contribution in [3.05, 3.63) is 71.8 Å². The van der Waals surface area contributed by atoms with Crippen molar-refractivity contribution in [3.8, 4) is 11.1 Å². The summed E-state index contributed by atoms with van der Waals surface area (Å²) in [6.07, 6.45) is 0. The first kappa shape index (κ1) is 13.9. The zero-order chi connectivity index (χ0) is 14.3.